The van der Waals surface area contributed by atoms with Crippen LogP contribution in [0.25, 0.3) is 0 Å². The van der Waals surface area contributed by atoms with Gasteiger partial charge in [0.05, 0.1) is 11.6 Å². The van der Waals surface area contributed by atoms with Crippen molar-refractivity contribution in [3.8, 4) is 6.07 Å². The summed E-state index contributed by atoms with van der Waals surface area (Å²) in [4.78, 5) is 11.8. The lowest BCUT2D eigenvalue weighted by atomic mass is 10.1. The van der Waals surface area contributed by atoms with Crippen molar-refractivity contribution in [2.75, 3.05) is 11.1 Å². The third-order valence-electron chi connectivity index (χ3n) is 2.34. The number of aromatic nitrogens is 2. The highest BCUT2D eigenvalue weighted by Crippen LogP contribution is 2.18. The number of aryl methyl sites for hydroxylation is 1. The second kappa shape index (κ2) is 4.55. The van der Waals surface area contributed by atoms with Crippen molar-refractivity contribution in [2.24, 2.45) is 0 Å². The Morgan fingerprint density at radius 1 is 1.50 bits per heavy atom. The van der Waals surface area contributed by atoms with Gasteiger partial charge < -0.3 is 11.1 Å². The molecule has 1 aromatic heterocycles. The molecule has 2 rings (SSSR count). The van der Waals surface area contributed by atoms with Crippen molar-refractivity contribution in [1.82, 2.24) is 10.3 Å². The van der Waals surface area contributed by atoms with Gasteiger partial charge in [-0.15, -0.1) is 0 Å². The zero-order valence-electron chi connectivity index (χ0n) is 9.47. The molecule has 0 bridgehead atoms. The number of nitrogens with two attached hydrogens (primary N) is 1. The van der Waals surface area contributed by atoms with E-state index in [9.17, 15) is 4.79 Å². The summed E-state index contributed by atoms with van der Waals surface area (Å²) in [5, 5.41) is 18.1. The minimum atomic E-state index is -0.535. The van der Waals surface area contributed by atoms with E-state index in [-0.39, 0.29) is 11.5 Å². The number of anilines is 2. The number of hydrogen-bond acceptors (Lipinski definition) is 6. The highest BCUT2D eigenvalue weighted by Gasteiger charge is 2.16. The summed E-state index contributed by atoms with van der Waals surface area (Å²) in [6.07, 6.45) is 0. The molecule has 0 aliphatic rings. The minimum Gasteiger partial charge on any atom is -0.379 e. The van der Waals surface area contributed by atoms with Gasteiger partial charge in [0.2, 0.25) is 11.5 Å². The fourth-order valence-electron chi connectivity index (χ4n) is 1.36. The number of hydrogen-bond donors (Lipinski definition) is 2. The quantitative estimate of drug-likeness (QED) is 0.814. The summed E-state index contributed by atoms with van der Waals surface area (Å²) in [6.45, 7) is 1.81. The number of carbonyl (C=O) groups is 1. The van der Waals surface area contributed by atoms with Crippen LogP contribution in [0.3, 0.4) is 0 Å². The highest BCUT2D eigenvalue weighted by molar-refractivity contribution is 6.05. The van der Waals surface area contributed by atoms with Crippen LogP contribution in [0.1, 0.15) is 21.6 Å². The van der Waals surface area contributed by atoms with Crippen molar-refractivity contribution in [1.29, 1.82) is 5.26 Å². The summed E-state index contributed by atoms with van der Waals surface area (Å²) in [5.74, 6) is -0.617. The first-order chi connectivity index (χ1) is 8.61. The third kappa shape index (κ3) is 2.12. The van der Waals surface area contributed by atoms with Crippen LogP contribution < -0.4 is 11.1 Å². The molecule has 1 amide bonds. The Labute approximate surface area is 102 Å². The minimum absolute atomic E-state index is 0.0819. The third-order valence-corrected chi connectivity index (χ3v) is 2.34. The lowest BCUT2D eigenvalue weighted by molar-refractivity contribution is 0.101. The number of nitriles is 1. The molecule has 0 spiro atoms. The lowest BCUT2D eigenvalue weighted by Crippen LogP contribution is -2.15. The number of rotatable bonds is 2. The van der Waals surface area contributed by atoms with Crippen LogP contribution >= 0.6 is 0 Å². The molecular weight excluding hydrogens is 234 g/mol. The highest BCUT2D eigenvalue weighted by atomic mass is 16.6. The molecule has 1 aromatic carbocycles. The Bertz CT molecular complexity index is 641. The van der Waals surface area contributed by atoms with E-state index in [1.807, 2.05) is 6.07 Å². The van der Waals surface area contributed by atoms with Crippen molar-refractivity contribution in [3.63, 3.8) is 0 Å². The SMILES string of the molecule is Cc1ccc(C#N)cc1NC(=O)c1nonc1N. The predicted octanol–water partition coefficient (Wildman–Crippen LogP) is 1.08. The molecule has 90 valence electrons. The topological polar surface area (TPSA) is 118 Å². The Balaban J connectivity index is 2.27. The molecule has 0 unspecified atom stereocenters. The van der Waals surface area contributed by atoms with Crippen LogP contribution in [-0.2, 0) is 0 Å². The van der Waals surface area contributed by atoms with Gasteiger partial charge in [0.25, 0.3) is 5.91 Å². The molecule has 2 aromatic rings. The van der Waals surface area contributed by atoms with Crippen LogP contribution in [0, 0.1) is 18.3 Å². The molecule has 0 saturated heterocycles. The number of nitrogens with zero attached hydrogens (tertiary/aromatic N) is 3. The van der Waals surface area contributed by atoms with Crippen LogP contribution in [-0.4, -0.2) is 16.2 Å². The van der Waals surface area contributed by atoms with Crippen molar-refractivity contribution >= 4 is 17.4 Å². The molecule has 7 heteroatoms. The van der Waals surface area contributed by atoms with E-state index in [2.05, 4.69) is 20.3 Å². The molecule has 0 radical (unpaired) electrons. The van der Waals surface area contributed by atoms with E-state index in [4.69, 9.17) is 11.0 Å². The lowest BCUT2D eigenvalue weighted by Gasteiger charge is -2.06. The average molecular weight is 243 g/mol. The Kier molecular flexibility index (Phi) is 2.93. The van der Waals surface area contributed by atoms with E-state index >= 15 is 0 Å². The Morgan fingerprint density at radius 3 is 2.89 bits per heavy atom. The normalized spacial score (nSPS) is 9.78. The van der Waals surface area contributed by atoms with E-state index in [0.29, 0.717) is 11.3 Å². The largest absolute Gasteiger partial charge is 0.379 e. The monoisotopic (exact) mass is 243 g/mol. The molecule has 0 saturated carbocycles. The first-order valence-electron chi connectivity index (χ1n) is 5.02. The Morgan fingerprint density at radius 2 is 2.28 bits per heavy atom. The predicted molar refractivity (Wildman–Crippen MR) is 62.6 cm³/mol. The van der Waals surface area contributed by atoms with Gasteiger partial charge in [-0.25, -0.2) is 4.63 Å². The summed E-state index contributed by atoms with van der Waals surface area (Å²) < 4.78 is 4.34. The maximum absolute atomic E-state index is 11.8. The number of nitrogens with one attached hydrogen (secondary N) is 1. The van der Waals surface area contributed by atoms with Gasteiger partial charge >= 0.3 is 0 Å². The van der Waals surface area contributed by atoms with Gasteiger partial charge in [-0.3, -0.25) is 4.79 Å². The first kappa shape index (κ1) is 11.6. The number of carbonyl (C=O) groups excluding carboxylic acids is 1. The van der Waals surface area contributed by atoms with E-state index in [1.54, 1.807) is 25.1 Å². The van der Waals surface area contributed by atoms with Crippen LogP contribution in [0.15, 0.2) is 22.8 Å². The molecular formula is C11H9N5O2. The first-order valence-corrected chi connectivity index (χ1v) is 5.02. The number of amides is 1. The fourth-order valence-corrected chi connectivity index (χ4v) is 1.36. The van der Waals surface area contributed by atoms with Gasteiger partial charge in [-0.2, -0.15) is 5.26 Å². The van der Waals surface area contributed by atoms with Crippen LogP contribution in [0.4, 0.5) is 11.5 Å². The van der Waals surface area contributed by atoms with Gasteiger partial charge in [-0.05, 0) is 34.9 Å². The molecule has 0 aliphatic carbocycles. The molecule has 3 N–H and O–H groups in total. The molecule has 0 atom stereocenters. The van der Waals surface area contributed by atoms with E-state index in [0.717, 1.165) is 5.56 Å². The van der Waals surface area contributed by atoms with E-state index in [1.165, 1.54) is 0 Å². The van der Waals surface area contributed by atoms with Crippen molar-refractivity contribution in [2.45, 2.75) is 6.92 Å². The maximum atomic E-state index is 11.8. The zero-order valence-corrected chi connectivity index (χ0v) is 9.47. The maximum Gasteiger partial charge on any atom is 0.281 e. The molecule has 1 heterocycles. The van der Waals surface area contributed by atoms with Gasteiger partial charge in [-0.1, -0.05) is 6.07 Å². The second-order valence-electron chi connectivity index (χ2n) is 3.59. The standard InChI is InChI=1S/C11H9N5O2/c1-6-2-3-7(5-12)4-8(6)14-11(17)9-10(13)16-18-15-9/h2-4H,1H3,(H2,13,16)(H,14,17). The molecule has 7 nitrogen and oxygen atoms in total. The summed E-state index contributed by atoms with van der Waals surface area (Å²) >= 11 is 0. The van der Waals surface area contributed by atoms with Gasteiger partial charge in [0.1, 0.15) is 0 Å². The smallest absolute Gasteiger partial charge is 0.281 e. The van der Waals surface area contributed by atoms with Crippen LogP contribution in [0.5, 0.6) is 0 Å². The van der Waals surface area contributed by atoms with Crippen molar-refractivity contribution in [3.05, 3.63) is 35.0 Å². The Hall–Kier alpha value is -2.88. The number of nitrogen functional groups attached to an aromatic ring is 1. The molecule has 0 fully saturated rings. The number of benzene rings is 1. The van der Waals surface area contributed by atoms with Crippen LogP contribution in [0.2, 0.25) is 0 Å². The molecule has 18 heavy (non-hydrogen) atoms. The van der Waals surface area contributed by atoms with Gasteiger partial charge in [0, 0.05) is 5.69 Å². The van der Waals surface area contributed by atoms with Gasteiger partial charge in [0.15, 0.2) is 0 Å². The summed E-state index contributed by atoms with van der Waals surface area (Å²) in [6, 6.07) is 6.96. The van der Waals surface area contributed by atoms with E-state index < -0.39 is 5.91 Å². The van der Waals surface area contributed by atoms with Crippen molar-refractivity contribution < 1.29 is 9.42 Å². The summed E-state index contributed by atoms with van der Waals surface area (Å²) in [7, 11) is 0. The average Bonchev–Trinajstić information content (AvgIpc) is 2.78. The molecule has 0 aliphatic heterocycles. The zero-order chi connectivity index (χ0) is 13.1. The second-order valence-corrected chi connectivity index (χ2v) is 3.59. The fraction of sp³-hybridized carbons (Fsp3) is 0.0909. The summed E-state index contributed by atoms with van der Waals surface area (Å²) in [5.41, 5.74) is 7.10.